The predicted octanol–water partition coefficient (Wildman–Crippen LogP) is 2.76. The Morgan fingerprint density at radius 3 is 2.33 bits per heavy atom. The Labute approximate surface area is 197 Å². The van der Waals surface area contributed by atoms with Gasteiger partial charge in [0.15, 0.2) is 22.4 Å². The molecule has 186 valence electrons. The SMILES string of the molecule is CCC(CC)(CC1OC(n2cnc3c(Cl)ncnc32)C(O)C1O)OP(=O)(O)C(O)(CC)CC. The van der Waals surface area contributed by atoms with Gasteiger partial charge in [-0.05, 0) is 25.7 Å². The van der Waals surface area contributed by atoms with Gasteiger partial charge in [-0.2, -0.15) is 0 Å². The second-order valence-electron chi connectivity index (χ2n) is 8.43. The van der Waals surface area contributed by atoms with Crippen molar-refractivity contribution in [3.8, 4) is 0 Å². The topological polar surface area (TPSA) is 160 Å². The number of halogens is 1. The number of aliphatic hydroxyl groups is 3. The second-order valence-corrected chi connectivity index (χ2v) is 10.8. The van der Waals surface area contributed by atoms with Gasteiger partial charge in [0.05, 0.1) is 18.0 Å². The molecule has 3 heterocycles. The normalized spacial score (nSPS) is 26.1. The zero-order valence-corrected chi connectivity index (χ0v) is 20.8. The first-order chi connectivity index (χ1) is 15.5. The highest BCUT2D eigenvalue weighted by Crippen LogP contribution is 2.61. The fraction of sp³-hybridized carbons (Fsp3) is 0.750. The molecule has 33 heavy (non-hydrogen) atoms. The van der Waals surface area contributed by atoms with Gasteiger partial charge in [0, 0.05) is 6.42 Å². The summed E-state index contributed by atoms with van der Waals surface area (Å²) >= 11 is 6.05. The van der Waals surface area contributed by atoms with Crippen LogP contribution in [-0.4, -0.2) is 69.0 Å². The molecular formula is C20H32ClN4O7P. The largest absolute Gasteiger partial charge is 0.388 e. The standard InChI is InChI=1S/C20H32ClN4O7P/c1-5-19(6-2,32-33(29,30)20(28,7-3)8-4)9-12-14(26)15(27)18(31-12)25-11-24-13-16(21)22-10-23-17(13)25/h10-12,14-15,18,26-28H,5-9H2,1-4H3,(H,29,30). The van der Waals surface area contributed by atoms with E-state index in [1.54, 1.807) is 27.7 Å². The van der Waals surface area contributed by atoms with Crippen molar-refractivity contribution in [2.45, 2.75) is 95.3 Å². The summed E-state index contributed by atoms with van der Waals surface area (Å²) < 4.78 is 26.3. The molecule has 13 heteroatoms. The lowest BCUT2D eigenvalue weighted by Crippen LogP contribution is -2.42. The molecule has 1 aliphatic rings. The van der Waals surface area contributed by atoms with Crippen molar-refractivity contribution in [1.29, 1.82) is 0 Å². The van der Waals surface area contributed by atoms with E-state index in [1.807, 2.05) is 0 Å². The van der Waals surface area contributed by atoms with E-state index < -0.39 is 43.1 Å². The molecule has 0 aromatic carbocycles. The minimum absolute atomic E-state index is 0.0190. The molecule has 2 aromatic heterocycles. The zero-order valence-electron chi connectivity index (χ0n) is 19.1. The predicted molar refractivity (Wildman–Crippen MR) is 121 cm³/mol. The summed E-state index contributed by atoms with van der Waals surface area (Å²) in [6.07, 6.45) is -1.17. The molecule has 5 atom stereocenters. The van der Waals surface area contributed by atoms with Gasteiger partial charge in [0.2, 0.25) is 0 Å². The second kappa shape index (κ2) is 9.83. The van der Waals surface area contributed by atoms with Gasteiger partial charge in [-0.25, -0.2) is 15.0 Å². The first-order valence-corrected chi connectivity index (χ1v) is 13.0. The number of hydrogen-bond donors (Lipinski definition) is 4. The van der Waals surface area contributed by atoms with Gasteiger partial charge in [0.25, 0.3) is 0 Å². The lowest BCUT2D eigenvalue weighted by Gasteiger charge is -2.40. The van der Waals surface area contributed by atoms with Gasteiger partial charge < -0.3 is 24.9 Å². The van der Waals surface area contributed by atoms with Crippen LogP contribution in [-0.2, 0) is 13.8 Å². The molecule has 0 saturated carbocycles. The van der Waals surface area contributed by atoms with Crippen molar-refractivity contribution in [2.75, 3.05) is 0 Å². The molecule has 0 bridgehead atoms. The van der Waals surface area contributed by atoms with Crippen molar-refractivity contribution in [3.05, 3.63) is 17.8 Å². The van der Waals surface area contributed by atoms with Gasteiger partial charge in [-0.15, -0.1) is 0 Å². The van der Waals surface area contributed by atoms with Gasteiger partial charge in [-0.1, -0.05) is 39.3 Å². The third-order valence-electron chi connectivity index (χ3n) is 6.76. The third kappa shape index (κ3) is 4.70. The number of imidazole rings is 1. The molecule has 1 aliphatic heterocycles. The number of rotatable bonds is 10. The molecule has 1 saturated heterocycles. The van der Waals surface area contributed by atoms with E-state index in [-0.39, 0.29) is 24.4 Å². The molecule has 4 N–H and O–H groups in total. The van der Waals surface area contributed by atoms with E-state index in [0.717, 1.165) is 0 Å². The number of nitrogens with zero attached hydrogens (tertiary/aromatic N) is 4. The monoisotopic (exact) mass is 506 g/mol. The molecule has 5 unspecified atom stereocenters. The van der Waals surface area contributed by atoms with E-state index in [1.165, 1.54) is 17.2 Å². The quantitative estimate of drug-likeness (QED) is 0.278. The summed E-state index contributed by atoms with van der Waals surface area (Å²) in [6.45, 7) is 6.81. The van der Waals surface area contributed by atoms with E-state index in [4.69, 9.17) is 20.9 Å². The van der Waals surface area contributed by atoms with Gasteiger partial charge >= 0.3 is 7.60 Å². The molecule has 11 nitrogen and oxygen atoms in total. The maximum absolute atomic E-state index is 13.1. The van der Waals surface area contributed by atoms with Gasteiger partial charge in [-0.3, -0.25) is 13.7 Å². The van der Waals surface area contributed by atoms with Crippen LogP contribution in [0.1, 0.15) is 66.0 Å². The highest BCUT2D eigenvalue weighted by Gasteiger charge is 2.52. The van der Waals surface area contributed by atoms with Crippen LogP contribution in [0, 0.1) is 0 Å². The first kappa shape index (κ1) is 26.4. The van der Waals surface area contributed by atoms with Crippen LogP contribution in [0.5, 0.6) is 0 Å². The number of fused-ring (bicyclic) bond motifs is 1. The maximum Gasteiger partial charge on any atom is 0.359 e. The molecule has 2 aromatic rings. The molecule has 0 aliphatic carbocycles. The van der Waals surface area contributed by atoms with Crippen LogP contribution in [0.2, 0.25) is 5.15 Å². The van der Waals surface area contributed by atoms with Crippen LogP contribution in [0.3, 0.4) is 0 Å². The molecule has 1 fully saturated rings. The Balaban J connectivity index is 1.87. The summed E-state index contributed by atoms with van der Waals surface area (Å²) in [4.78, 5) is 22.8. The number of hydrogen-bond acceptors (Lipinski definition) is 9. The molecular weight excluding hydrogens is 475 g/mol. The summed E-state index contributed by atoms with van der Waals surface area (Å²) in [6, 6.07) is 0. The van der Waals surface area contributed by atoms with Crippen molar-refractivity contribution >= 4 is 30.4 Å². The average Bonchev–Trinajstić information content (AvgIpc) is 3.35. The number of ether oxygens (including phenoxy) is 1. The number of aliphatic hydroxyl groups excluding tert-OH is 2. The minimum Gasteiger partial charge on any atom is -0.388 e. The minimum atomic E-state index is -4.45. The van der Waals surface area contributed by atoms with Crippen LogP contribution < -0.4 is 0 Å². The highest BCUT2D eigenvalue weighted by atomic mass is 35.5. The fourth-order valence-electron chi connectivity index (χ4n) is 4.21. The van der Waals surface area contributed by atoms with Crippen molar-refractivity contribution in [3.63, 3.8) is 0 Å². The summed E-state index contributed by atoms with van der Waals surface area (Å²) in [5.74, 6) is 0. The van der Waals surface area contributed by atoms with Gasteiger partial charge in [0.1, 0.15) is 24.1 Å². The Morgan fingerprint density at radius 2 is 1.76 bits per heavy atom. The van der Waals surface area contributed by atoms with E-state index in [9.17, 15) is 24.8 Å². The molecule has 0 radical (unpaired) electrons. The zero-order chi connectivity index (χ0) is 24.6. The lowest BCUT2D eigenvalue weighted by molar-refractivity contribution is -0.0761. The van der Waals surface area contributed by atoms with Crippen LogP contribution in [0.15, 0.2) is 12.7 Å². The molecule has 0 spiro atoms. The third-order valence-corrected chi connectivity index (χ3v) is 9.36. The highest BCUT2D eigenvalue weighted by molar-refractivity contribution is 7.54. The van der Waals surface area contributed by atoms with Crippen molar-refractivity contribution in [2.24, 2.45) is 0 Å². The Bertz CT molecular complexity index is 1010. The van der Waals surface area contributed by atoms with Crippen molar-refractivity contribution in [1.82, 2.24) is 19.5 Å². The summed E-state index contributed by atoms with van der Waals surface area (Å²) in [5, 5.41) is 30.4. The Morgan fingerprint density at radius 1 is 1.12 bits per heavy atom. The van der Waals surface area contributed by atoms with Crippen molar-refractivity contribution < 1.29 is 34.0 Å². The number of aromatic nitrogens is 4. The maximum atomic E-state index is 13.1. The van der Waals surface area contributed by atoms with Crippen LogP contribution in [0.4, 0.5) is 0 Å². The average molecular weight is 507 g/mol. The first-order valence-electron chi connectivity index (χ1n) is 11.1. The summed E-state index contributed by atoms with van der Waals surface area (Å²) in [7, 11) is -4.45. The summed E-state index contributed by atoms with van der Waals surface area (Å²) in [5.41, 5.74) is -0.519. The lowest BCUT2D eigenvalue weighted by atomic mass is 9.88. The Kier molecular flexibility index (Phi) is 7.87. The van der Waals surface area contributed by atoms with E-state index in [2.05, 4.69) is 15.0 Å². The van der Waals surface area contributed by atoms with Crippen LogP contribution >= 0.6 is 19.2 Å². The Hall–Kier alpha value is -1.17. The van der Waals surface area contributed by atoms with Crippen LogP contribution in [0.25, 0.3) is 11.2 Å². The fourth-order valence-corrected chi connectivity index (χ4v) is 6.21. The van der Waals surface area contributed by atoms with E-state index in [0.29, 0.717) is 24.0 Å². The molecule has 0 amide bonds. The molecule has 3 rings (SSSR count). The van der Waals surface area contributed by atoms with E-state index >= 15 is 0 Å². The smallest absolute Gasteiger partial charge is 0.359 e.